The van der Waals surface area contributed by atoms with Crippen LogP contribution in [0.4, 0.5) is 5.69 Å². The Morgan fingerprint density at radius 2 is 1.89 bits per heavy atom. The predicted molar refractivity (Wildman–Crippen MR) is 135 cm³/mol. The number of fused-ring (bicyclic) bond motifs is 1. The molecule has 1 atom stereocenters. The highest BCUT2D eigenvalue weighted by Gasteiger charge is 2.30. The normalized spacial score (nSPS) is 18.0. The summed E-state index contributed by atoms with van der Waals surface area (Å²) in [7, 11) is 1.33. The summed E-state index contributed by atoms with van der Waals surface area (Å²) in [5, 5.41) is 8.07. The lowest BCUT2D eigenvalue weighted by molar-refractivity contribution is -0.117. The molecule has 1 aromatic carbocycles. The first-order chi connectivity index (χ1) is 17.5. The van der Waals surface area contributed by atoms with Crippen molar-refractivity contribution in [1.29, 1.82) is 0 Å². The Kier molecular flexibility index (Phi) is 6.73. The van der Waals surface area contributed by atoms with Crippen LogP contribution in [0.2, 0.25) is 0 Å². The largest absolute Gasteiger partial charge is 0.465 e. The Hall–Kier alpha value is -3.72. The van der Waals surface area contributed by atoms with Crippen molar-refractivity contribution >= 4 is 17.6 Å². The minimum Gasteiger partial charge on any atom is -0.465 e. The van der Waals surface area contributed by atoms with Crippen LogP contribution < -0.4 is 15.0 Å². The smallest absolute Gasteiger partial charge is 0.339 e. The van der Waals surface area contributed by atoms with Gasteiger partial charge in [-0.25, -0.2) is 9.78 Å². The molecule has 2 aliphatic rings. The van der Waals surface area contributed by atoms with Crippen LogP contribution in [0.15, 0.2) is 42.9 Å². The summed E-state index contributed by atoms with van der Waals surface area (Å²) in [4.78, 5) is 30.5. The fourth-order valence-corrected chi connectivity index (χ4v) is 5.16. The van der Waals surface area contributed by atoms with E-state index < -0.39 is 5.97 Å². The van der Waals surface area contributed by atoms with E-state index in [0.29, 0.717) is 23.2 Å². The van der Waals surface area contributed by atoms with Gasteiger partial charge in [-0.05, 0) is 63.9 Å². The third kappa shape index (κ3) is 4.58. The molecule has 2 aliphatic heterocycles. The predicted octanol–water partition coefficient (Wildman–Crippen LogP) is 4.14. The molecular weight excluding hydrogens is 458 g/mol. The van der Waals surface area contributed by atoms with Crippen LogP contribution >= 0.6 is 0 Å². The van der Waals surface area contributed by atoms with Crippen molar-refractivity contribution in [1.82, 2.24) is 20.1 Å². The molecule has 0 spiro atoms. The van der Waals surface area contributed by atoms with Gasteiger partial charge in [0, 0.05) is 48.1 Å². The Balaban J connectivity index is 1.57. The van der Waals surface area contributed by atoms with Gasteiger partial charge in [0.25, 0.3) is 0 Å². The van der Waals surface area contributed by atoms with Crippen molar-refractivity contribution in [3.63, 3.8) is 0 Å². The molecule has 0 unspecified atom stereocenters. The van der Waals surface area contributed by atoms with E-state index in [4.69, 9.17) is 9.47 Å². The van der Waals surface area contributed by atoms with E-state index >= 15 is 0 Å². The van der Waals surface area contributed by atoms with Gasteiger partial charge >= 0.3 is 5.97 Å². The number of anilines is 1. The summed E-state index contributed by atoms with van der Waals surface area (Å²) in [5.41, 5.74) is 4.02. The summed E-state index contributed by atoms with van der Waals surface area (Å²) in [6, 6.07) is 7.75. The monoisotopic (exact) mass is 489 g/mol. The van der Waals surface area contributed by atoms with Crippen LogP contribution in [-0.4, -0.2) is 52.9 Å². The molecule has 2 aromatic heterocycles. The maximum Gasteiger partial charge on any atom is 0.339 e. The third-order valence-electron chi connectivity index (χ3n) is 7.05. The number of esters is 1. The van der Waals surface area contributed by atoms with Gasteiger partial charge in [0.15, 0.2) is 0 Å². The lowest BCUT2D eigenvalue weighted by Gasteiger charge is -2.35. The fourth-order valence-electron chi connectivity index (χ4n) is 5.16. The zero-order valence-electron chi connectivity index (χ0n) is 20.9. The highest BCUT2D eigenvalue weighted by molar-refractivity contribution is 5.95. The number of methoxy groups -OCH3 is 1. The molecule has 1 fully saturated rings. The lowest BCUT2D eigenvalue weighted by Crippen LogP contribution is -2.40. The molecule has 4 heterocycles. The summed E-state index contributed by atoms with van der Waals surface area (Å²) >= 11 is 0. The molecule has 5 rings (SSSR count). The third-order valence-corrected chi connectivity index (χ3v) is 7.05. The molecular formula is C27H31N5O4. The second kappa shape index (κ2) is 10.1. The number of nitrogens with one attached hydrogen (secondary N) is 1. The standard InChI is InChI=1S/C27H31N5O4/c1-17-4-6-23-24(32(17)18(2)33)8-7-22(20-15-30-31(16-20)21-10-12-28-13-11-21)26(23)36-25-9-5-19(14-29-25)27(34)35-3/h5,7-9,14-17,21,28H,4,6,10-13H2,1-3H3/t17-/m0/s1. The molecule has 36 heavy (non-hydrogen) atoms. The van der Waals surface area contributed by atoms with Crippen LogP contribution in [-0.2, 0) is 16.0 Å². The van der Waals surface area contributed by atoms with Gasteiger partial charge in [0.05, 0.1) is 30.6 Å². The van der Waals surface area contributed by atoms with Crippen molar-refractivity contribution in [3.05, 3.63) is 54.0 Å². The van der Waals surface area contributed by atoms with Gasteiger partial charge in [-0.2, -0.15) is 5.10 Å². The van der Waals surface area contributed by atoms with Gasteiger partial charge in [0.1, 0.15) is 5.75 Å². The summed E-state index contributed by atoms with van der Waals surface area (Å²) in [5.74, 6) is 0.564. The van der Waals surface area contributed by atoms with Gasteiger partial charge in [0.2, 0.25) is 11.8 Å². The average Bonchev–Trinajstić information content (AvgIpc) is 3.39. The summed E-state index contributed by atoms with van der Waals surface area (Å²) in [6.45, 7) is 5.63. The molecule has 9 nitrogen and oxygen atoms in total. The molecule has 0 bridgehead atoms. The molecule has 1 saturated heterocycles. The lowest BCUT2D eigenvalue weighted by atomic mass is 9.92. The second-order valence-electron chi connectivity index (χ2n) is 9.39. The molecule has 0 aliphatic carbocycles. The van der Waals surface area contributed by atoms with Crippen LogP contribution in [0.5, 0.6) is 11.6 Å². The van der Waals surface area contributed by atoms with Crippen molar-refractivity contribution in [3.8, 4) is 22.8 Å². The number of hydrogen-bond donors (Lipinski definition) is 1. The van der Waals surface area contributed by atoms with Crippen molar-refractivity contribution < 1.29 is 19.1 Å². The summed E-state index contributed by atoms with van der Waals surface area (Å²) in [6.07, 6.45) is 9.06. The number of pyridine rings is 1. The molecule has 3 aromatic rings. The first-order valence-corrected chi connectivity index (χ1v) is 12.4. The maximum absolute atomic E-state index is 12.5. The zero-order valence-corrected chi connectivity index (χ0v) is 20.9. The van der Waals surface area contributed by atoms with E-state index in [2.05, 4.69) is 28.5 Å². The molecule has 9 heteroatoms. The number of ether oxygens (including phenoxy) is 2. The maximum atomic E-state index is 12.5. The topological polar surface area (TPSA) is 98.6 Å². The SMILES string of the molecule is COC(=O)c1ccc(Oc2c(-c3cnn(C4CCNCC4)c3)ccc3c2CC[C@H](C)N3C(C)=O)nc1. The van der Waals surface area contributed by atoms with Crippen molar-refractivity contribution in [2.45, 2.75) is 51.6 Å². The van der Waals surface area contributed by atoms with Crippen LogP contribution in [0, 0.1) is 0 Å². The number of benzene rings is 1. The van der Waals surface area contributed by atoms with E-state index in [1.165, 1.54) is 13.3 Å². The van der Waals surface area contributed by atoms with Crippen molar-refractivity contribution in [2.24, 2.45) is 0 Å². The van der Waals surface area contributed by atoms with Gasteiger partial charge in [-0.15, -0.1) is 0 Å². The quantitative estimate of drug-likeness (QED) is 0.538. The van der Waals surface area contributed by atoms with E-state index in [9.17, 15) is 9.59 Å². The number of carbonyl (C=O) groups excluding carboxylic acids is 2. The average molecular weight is 490 g/mol. The van der Waals surface area contributed by atoms with Crippen molar-refractivity contribution in [2.75, 3.05) is 25.1 Å². The minimum atomic E-state index is -0.455. The highest BCUT2D eigenvalue weighted by Crippen LogP contribution is 2.44. The molecule has 1 N–H and O–H groups in total. The van der Waals surface area contributed by atoms with E-state index in [1.807, 2.05) is 27.9 Å². The van der Waals surface area contributed by atoms with Gasteiger partial charge < -0.3 is 19.7 Å². The Morgan fingerprint density at radius 1 is 1.08 bits per heavy atom. The van der Waals surface area contributed by atoms with E-state index in [1.54, 1.807) is 19.1 Å². The Bertz CT molecular complexity index is 1260. The molecule has 0 radical (unpaired) electrons. The number of amides is 1. The zero-order chi connectivity index (χ0) is 25.2. The molecule has 188 valence electrons. The van der Waals surface area contributed by atoms with Gasteiger partial charge in [-0.1, -0.05) is 0 Å². The first kappa shape index (κ1) is 24.0. The van der Waals surface area contributed by atoms with Gasteiger partial charge in [-0.3, -0.25) is 9.48 Å². The van der Waals surface area contributed by atoms with E-state index in [0.717, 1.165) is 61.2 Å². The minimum absolute atomic E-state index is 0.00133. The highest BCUT2D eigenvalue weighted by atomic mass is 16.5. The number of carbonyl (C=O) groups is 2. The van der Waals surface area contributed by atoms with Crippen LogP contribution in [0.3, 0.4) is 0 Å². The van der Waals surface area contributed by atoms with Crippen LogP contribution in [0.1, 0.15) is 55.1 Å². The number of piperidine rings is 1. The molecule has 0 saturated carbocycles. The molecule has 1 amide bonds. The second-order valence-corrected chi connectivity index (χ2v) is 9.39. The Labute approximate surface area is 210 Å². The fraction of sp³-hybridized carbons (Fsp3) is 0.407. The summed E-state index contributed by atoms with van der Waals surface area (Å²) < 4.78 is 13.2. The first-order valence-electron chi connectivity index (χ1n) is 12.4. The van der Waals surface area contributed by atoms with Crippen LogP contribution in [0.25, 0.3) is 11.1 Å². The number of nitrogens with zero attached hydrogens (tertiary/aromatic N) is 4. The van der Waals surface area contributed by atoms with E-state index in [-0.39, 0.29) is 11.9 Å². The Morgan fingerprint density at radius 3 is 2.58 bits per heavy atom. The number of aromatic nitrogens is 3. The number of rotatable bonds is 5. The number of hydrogen-bond acceptors (Lipinski definition) is 7.